The van der Waals surface area contributed by atoms with Gasteiger partial charge >= 0.3 is 6.18 Å². The number of imidazole rings is 1. The van der Waals surface area contributed by atoms with E-state index in [2.05, 4.69) is 15.3 Å². The molecule has 1 unspecified atom stereocenters. The van der Waals surface area contributed by atoms with Crippen LogP contribution in [-0.4, -0.2) is 21.5 Å². The quantitative estimate of drug-likeness (QED) is 0.382. The minimum Gasteiger partial charge on any atom is -0.351 e. The SMILES string of the molecule is OC(Nc1cccc2[nH]c(-c3cccc(C(F)(F)F)c3)nc12)OCc1ccccc1. The molecule has 30 heavy (non-hydrogen) atoms. The largest absolute Gasteiger partial charge is 0.416 e. The molecule has 1 atom stereocenters. The van der Waals surface area contributed by atoms with Crippen LogP contribution in [0.15, 0.2) is 72.8 Å². The van der Waals surface area contributed by atoms with Gasteiger partial charge in [-0.2, -0.15) is 13.2 Å². The number of nitrogens with zero attached hydrogens (tertiary/aromatic N) is 1. The van der Waals surface area contributed by atoms with Crippen LogP contribution in [0.2, 0.25) is 0 Å². The number of anilines is 1. The Hall–Kier alpha value is -3.36. The highest BCUT2D eigenvalue weighted by Gasteiger charge is 2.30. The average molecular weight is 413 g/mol. The predicted molar refractivity (Wildman–Crippen MR) is 107 cm³/mol. The Bertz CT molecular complexity index is 1140. The summed E-state index contributed by atoms with van der Waals surface area (Å²) in [4.78, 5) is 7.45. The number of aromatic nitrogens is 2. The topological polar surface area (TPSA) is 70.2 Å². The number of aliphatic hydroxyl groups is 1. The van der Waals surface area contributed by atoms with Crippen molar-refractivity contribution in [3.8, 4) is 11.4 Å². The molecular weight excluding hydrogens is 395 g/mol. The zero-order valence-corrected chi connectivity index (χ0v) is 15.6. The molecule has 0 radical (unpaired) electrons. The zero-order chi connectivity index (χ0) is 21.1. The van der Waals surface area contributed by atoms with Crippen molar-refractivity contribution in [1.29, 1.82) is 0 Å². The summed E-state index contributed by atoms with van der Waals surface area (Å²) in [6, 6.07) is 19.5. The molecule has 4 aromatic rings. The van der Waals surface area contributed by atoms with Gasteiger partial charge in [0.25, 0.3) is 0 Å². The van der Waals surface area contributed by atoms with Crippen LogP contribution in [0.3, 0.4) is 0 Å². The second kappa shape index (κ2) is 8.17. The lowest BCUT2D eigenvalue weighted by atomic mass is 10.1. The van der Waals surface area contributed by atoms with Crippen LogP contribution < -0.4 is 5.32 Å². The highest BCUT2D eigenvalue weighted by molar-refractivity contribution is 5.90. The minimum atomic E-state index is -4.44. The number of ether oxygens (including phenoxy) is 1. The van der Waals surface area contributed by atoms with Gasteiger partial charge in [0.2, 0.25) is 6.41 Å². The van der Waals surface area contributed by atoms with Crippen LogP contribution in [0, 0.1) is 0 Å². The van der Waals surface area contributed by atoms with E-state index in [9.17, 15) is 18.3 Å². The number of rotatable bonds is 6. The Morgan fingerprint density at radius 1 is 1.00 bits per heavy atom. The number of aromatic amines is 1. The molecule has 1 heterocycles. The highest BCUT2D eigenvalue weighted by Crippen LogP contribution is 2.32. The van der Waals surface area contributed by atoms with Gasteiger partial charge in [0.05, 0.1) is 23.4 Å². The van der Waals surface area contributed by atoms with E-state index in [1.54, 1.807) is 24.3 Å². The van der Waals surface area contributed by atoms with Gasteiger partial charge in [-0.3, -0.25) is 0 Å². The number of alkyl halides is 3. The van der Waals surface area contributed by atoms with E-state index in [0.29, 0.717) is 28.1 Å². The molecule has 0 aliphatic heterocycles. The molecule has 0 saturated carbocycles. The standard InChI is InChI=1S/C22H18F3N3O2/c23-22(24,25)16-9-4-8-15(12-16)20-26-17-10-5-11-18(19(17)28-20)27-21(29)30-13-14-6-2-1-3-7-14/h1-12,21,27,29H,13H2,(H,26,28). The molecular formula is C22H18F3N3O2. The van der Waals surface area contributed by atoms with Crippen LogP contribution in [-0.2, 0) is 17.5 Å². The van der Waals surface area contributed by atoms with Crippen molar-refractivity contribution in [2.75, 3.05) is 5.32 Å². The first kappa shape index (κ1) is 19.9. The van der Waals surface area contributed by atoms with Crippen molar-refractivity contribution in [3.63, 3.8) is 0 Å². The molecule has 0 amide bonds. The number of H-pyrrole nitrogens is 1. The first-order valence-corrected chi connectivity index (χ1v) is 9.17. The Labute approximate surface area is 170 Å². The van der Waals surface area contributed by atoms with Crippen molar-refractivity contribution < 1.29 is 23.0 Å². The van der Waals surface area contributed by atoms with E-state index in [1.807, 2.05) is 30.3 Å². The summed E-state index contributed by atoms with van der Waals surface area (Å²) in [5, 5.41) is 13.0. The molecule has 0 fully saturated rings. The Kier molecular flexibility index (Phi) is 5.43. The third kappa shape index (κ3) is 4.45. The molecule has 8 heteroatoms. The Balaban J connectivity index is 1.55. The monoisotopic (exact) mass is 413 g/mol. The average Bonchev–Trinajstić information content (AvgIpc) is 3.18. The smallest absolute Gasteiger partial charge is 0.351 e. The fraction of sp³-hybridized carbons (Fsp3) is 0.136. The van der Waals surface area contributed by atoms with Gasteiger partial charge in [-0.1, -0.05) is 48.5 Å². The Morgan fingerprint density at radius 3 is 2.53 bits per heavy atom. The summed E-state index contributed by atoms with van der Waals surface area (Å²) in [7, 11) is 0. The van der Waals surface area contributed by atoms with Gasteiger partial charge in [-0.15, -0.1) is 0 Å². The van der Waals surface area contributed by atoms with Crippen molar-refractivity contribution in [3.05, 3.63) is 83.9 Å². The van der Waals surface area contributed by atoms with Crippen molar-refractivity contribution in [2.24, 2.45) is 0 Å². The second-order valence-electron chi connectivity index (χ2n) is 6.66. The molecule has 0 saturated heterocycles. The molecule has 0 spiro atoms. The Morgan fingerprint density at radius 2 is 1.77 bits per heavy atom. The number of benzene rings is 3. The number of halogens is 3. The van der Waals surface area contributed by atoms with Gasteiger partial charge in [-0.25, -0.2) is 4.98 Å². The number of fused-ring (bicyclic) bond motifs is 1. The van der Waals surface area contributed by atoms with Gasteiger partial charge in [0, 0.05) is 5.56 Å². The minimum absolute atomic E-state index is 0.209. The molecule has 5 nitrogen and oxygen atoms in total. The first-order valence-electron chi connectivity index (χ1n) is 9.17. The van der Waals surface area contributed by atoms with Gasteiger partial charge < -0.3 is 20.1 Å². The summed E-state index contributed by atoms with van der Waals surface area (Å²) in [5.74, 6) is 0.296. The van der Waals surface area contributed by atoms with Crippen LogP contribution in [0.25, 0.3) is 22.4 Å². The molecule has 3 N–H and O–H groups in total. The molecule has 1 aromatic heterocycles. The summed E-state index contributed by atoms with van der Waals surface area (Å²) < 4.78 is 44.4. The maximum atomic E-state index is 13.0. The van der Waals surface area contributed by atoms with E-state index in [-0.39, 0.29) is 6.61 Å². The predicted octanol–water partition coefficient (Wildman–Crippen LogP) is 5.15. The van der Waals surface area contributed by atoms with E-state index in [4.69, 9.17) is 4.74 Å². The lowest BCUT2D eigenvalue weighted by Gasteiger charge is -2.15. The van der Waals surface area contributed by atoms with Crippen LogP contribution in [0.4, 0.5) is 18.9 Å². The summed E-state index contributed by atoms with van der Waals surface area (Å²) >= 11 is 0. The fourth-order valence-corrected chi connectivity index (χ4v) is 3.05. The molecule has 0 aliphatic carbocycles. The zero-order valence-electron chi connectivity index (χ0n) is 15.6. The van der Waals surface area contributed by atoms with Gasteiger partial charge in [0.15, 0.2) is 0 Å². The number of para-hydroxylation sites is 1. The molecule has 154 valence electrons. The van der Waals surface area contributed by atoms with Gasteiger partial charge in [0.1, 0.15) is 11.3 Å². The number of nitrogens with one attached hydrogen (secondary N) is 2. The normalized spacial score (nSPS) is 12.8. The maximum Gasteiger partial charge on any atom is 0.416 e. The second-order valence-corrected chi connectivity index (χ2v) is 6.66. The first-order chi connectivity index (χ1) is 14.4. The van der Waals surface area contributed by atoms with Crippen molar-refractivity contribution in [2.45, 2.75) is 19.2 Å². The lowest BCUT2D eigenvalue weighted by molar-refractivity contribution is -0.137. The van der Waals surface area contributed by atoms with Crippen LogP contribution in [0.5, 0.6) is 0 Å². The maximum absolute atomic E-state index is 13.0. The van der Waals surface area contributed by atoms with E-state index >= 15 is 0 Å². The van der Waals surface area contributed by atoms with Crippen LogP contribution >= 0.6 is 0 Å². The van der Waals surface area contributed by atoms with Crippen molar-refractivity contribution in [1.82, 2.24) is 9.97 Å². The van der Waals surface area contributed by atoms with E-state index in [1.165, 1.54) is 6.07 Å². The van der Waals surface area contributed by atoms with Gasteiger partial charge in [-0.05, 0) is 29.8 Å². The van der Waals surface area contributed by atoms with E-state index < -0.39 is 18.2 Å². The lowest BCUT2D eigenvalue weighted by Crippen LogP contribution is -2.22. The molecule has 4 rings (SSSR count). The number of aliphatic hydroxyl groups excluding tert-OH is 1. The fourth-order valence-electron chi connectivity index (χ4n) is 3.05. The summed E-state index contributed by atoms with van der Waals surface area (Å²) in [6.45, 7) is 0.209. The third-order valence-electron chi connectivity index (χ3n) is 4.51. The number of hydrogen-bond donors (Lipinski definition) is 3. The number of hydrogen-bond acceptors (Lipinski definition) is 4. The molecule has 0 bridgehead atoms. The molecule has 0 aliphatic rings. The summed E-state index contributed by atoms with van der Waals surface area (Å²) in [5.41, 5.74) is 2.05. The van der Waals surface area contributed by atoms with Crippen molar-refractivity contribution >= 4 is 16.7 Å². The highest BCUT2D eigenvalue weighted by atomic mass is 19.4. The third-order valence-corrected chi connectivity index (χ3v) is 4.51. The van der Waals surface area contributed by atoms with Crippen LogP contribution in [0.1, 0.15) is 11.1 Å². The summed E-state index contributed by atoms with van der Waals surface area (Å²) in [6.07, 6.45) is -5.72. The van der Waals surface area contributed by atoms with E-state index in [0.717, 1.165) is 17.7 Å². The molecule has 3 aromatic carbocycles.